The molecule has 1 aromatic carbocycles. The summed E-state index contributed by atoms with van der Waals surface area (Å²) in [7, 11) is 0. The van der Waals surface area contributed by atoms with Crippen molar-refractivity contribution in [3.8, 4) is 0 Å². The Morgan fingerprint density at radius 2 is 2.11 bits per heavy atom. The lowest BCUT2D eigenvalue weighted by atomic mass is 9.96. The fourth-order valence-electron chi connectivity index (χ4n) is 2.86. The van der Waals surface area contributed by atoms with Crippen LogP contribution in [0.3, 0.4) is 0 Å². The molecular formula is C16H25ClN2. The summed E-state index contributed by atoms with van der Waals surface area (Å²) < 4.78 is 0. The summed E-state index contributed by atoms with van der Waals surface area (Å²) in [5.41, 5.74) is 1.42. The van der Waals surface area contributed by atoms with Crippen LogP contribution in [0.4, 0.5) is 0 Å². The van der Waals surface area contributed by atoms with E-state index >= 15 is 0 Å². The van der Waals surface area contributed by atoms with Crippen molar-refractivity contribution in [3.05, 3.63) is 34.9 Å². The van der Waals surface area contributed by atoms with Crippen molar-refractivity contribution in [1.82, 2.24) is 10.2 Å². The third-order valence-electron chi connectivity index (χ3n) is 3.88. The summed E-state index contributed by atoms with van der Waals surface area (Å²) in [6.07, 6.45) is 2.47. The second kappa shape index (κ2) is 6.25. The molecule has 1 unspecified atom stereocenters. The second-order valence-corrected chi connectivity index (χ2v) is 6.61. The van der Waals surface area contributed by atoms with E-state index in [1.165, 1.54) is 18.4 Å². The fraction of sp³-hybridized carbons (Fsp3) is 0.625. The van der Waals surface area contributed by atoms with Gasteiger partial charge in [-0.05, 0) is 31.9 Å². The zero-order chi connectivity index (χ0) is 13.9. The third-order valence-corrected chi connectivity index (χ3v) is 4.25. The molecule has 1 aliphatic heterocycles. The molecule has 0 aliphatic carbocycles. The number of hydrogen-bond donors (Lipinski definition) is 1. The van der Waals surface area contributed by atoms with Gasteiger partial charge in [0.2, 0.25) is 0 Å². The maximum absolute atomic E-state index is 6.30. The molecule has 0 amide bonds. The molecule has 0 aromatic heterocycles. The second-order valence-electron chi connectivity index (χ2n) is 6.20. The monoisotopic (exact) mass is 280 g/mol. The Kier molecular flexibility index (Phi) is 4.88. The van der Waals surface area contributed by atoms with Crippen LogP contribution in [0.25, 0.3) is 0 Å². The molecule has 1 N–H and O–H groups in total. The van der Waals surface area contributed by atoms with E-state index < -0.39 is 0 Å². The molecule has 0 saturated carbocycles. The van der Waals surface area contributed by atoms with Crippen LogP contribution in [-0.2, 0) is 6.54 Å². The van der Waals surface area contributed by atoms with Gasteiger partial charge in [-0.15, -0.1) is 0 Å². The average Bonchev–Trinajstić information content (AvgIpc) is 2.35. The first-order valence-corrected chi connectivity index (χ1v) is 7.62. The average molecular weight is 281 g/mol. The van der Waals surface area contributed by atoms with Gasteiger partial charge in [-0.25, -0.2) is 0 Å². The van der Waals surface area contributed by atoms with Crippen LogP contribution in [0.1, 0.15) is 39.2 Å². The summed E-state index contributed by atoms with van der Waals surface area (Å²) in [6, 6.07) is 8.81. The molecule has 1 saturated heterocycles. The zero-order valence-electron chi connectivity index (χ0n) is 12.2. The molecule has 1 heterocycles. The molecule has 0 spiro atoms. The molecule has 0 bridgehead atoms. The van der Waals surface area contributed by atoms with Gasteiger partial charge >= 0.3 is 0 Å². The Balaban J connectivity index is 2.11. The molecule has 2 nitrogen and oxygen atoms in total. The first kappa shape index (κ1) is 14.8. The third kappa shape index (κ3) is 3.95. The minimum absolute atomic E-state index is 0.186. The van der Waals surface area contributed by atoms with E-state index in [0.717, 1.165) is 24.7 Å². The van der Waals surface area contributed by atoms with Crippen molar-refractivity contribution in [2.45, 2.75) is 51.7 Å². The Bertz CT molecular complexity index is 417. The van der Waals surface area contributed by atoms with E-state index in [4.69, 9.17) is 11.6 Å². The van der Waals surface area contributed by atoms with Crippen molar-refractivity contribution in [3.63, 3.8) is 0 Å². The smallest absolute Gasteiger partial charge is 0.0451 e. The van der Waals surface area contributed by atoms with Gasteiger partial charge < -0.3 is 5.32 Å². The summed E-state index contributed by atoms with van der Waals surface area (Å²) in [4.78, 5) is 2.58. The lowest BCUT2D eigenvalue weighted by molar-refractivity contribution is 0.0827. The number of rotatable bonds is 4. The molecule has 19 heavy (non-hydrogen) atoms. The lowest BCUT2D eigenvalue weighted by Crippen LogP contribution is -2.61. The molecule has 2 rings (SSSR count). The number of nitrogens with one attached hydrogen (secondary N) is 1. The Hall–Kier alpha value is -0.570. The number of benzene rings is 1. The molecular weight excluding hydrogens is 256 g/mol. The summed E-state index contributed by atoms with van der Waals surface area (Å²) in [6.45, 7) is 9.90. The highest BCUT2D eigenvalue weighted by atomic mass is 35.5. The van der Waals surface area contributed by atoms with Crippen molar-refractivity contribution >= 4 is 11.6 Å². The van der Waals surface area contributed by atoms with Crippen LogP contribution in [0, 0.1) is 0 Å². The topological polar surface area (TPSA) is 15.3 Å². The number of halogens is 1. The SMILES string of the molecule is CCCC1CNC(C)(C)CN1Cc1ccccc1Cl. The van der Waals surface area contributed by atoms with E-state index in [2.05, 4.69) is 43.1 Å². The van der Waals surface area contributed by atoms with Gasteiger partial charge in [0, 0.05) is 36.2 Å². The summed E-state index contributed by atoms with van der Waals surface area (Å²) >= 11 is 6.30. The Morgan fingerprint density at radius 3 is 2.79 bits per heavy atom. The van der Waals surface area contributed by atoms with Gasteiger partial charge in [-0.2, -0.15) is 0 Å². The molecule has 1 aromatic rings. The number of hydrogen-bond acceptors (Lipinski definition) is 2. The van der Waals surface area contributed by atoms with Gasteiger partial charge in [-0.1, -0.05) is 43.1 Å². The molecule has 0 radical (unpaired) electrons. The maximum atomic E-state index is 6.30. The van der Waals surface area contributed by atoms with Crippen LogP contribution < -0.4 is 5.32 Å². The molecule has 1 aliphatic rings. The largest absolute Gasteiger partial charge is 0.309 e. The van der Waals surface area contributed by atoms with E-state index in [1.54, 1.807) is 0 Å². The Morgan fingerprint density at radius 1 is 1.37 bits per heavy atom. The minimum atomic E-state index is 0.186. The Labute approximate surface area is 122 Å². The maximum Gasteiger partial charge on any atom is 0.0451 e. The van der Waals surface area contributed by atoms with Crippen molar-refractivity contribution in [2.75, 3.05) is 13.1 Å². The van der Waals surface area contributed by atoms with E-state index in [0.29, 0.717) is 6.04 Å². The number of nitrogens with zero attached hydrogens (tertiary/aromatic N) is 1. The van der Waals surface area contributed by atoms with E-state index in [1.807, 2.05) is 12.1 Å². The van der Waals surface area contributed by atoms with Gasteiger partial charge in [0.15, 0.2) is 0 Å². The summed E-state index contributed by atoms with van der Waals surface area (Å²) in [5, 5.41) is 4.53. The van der Waals surface area contributed by atoms with Crippen molar-refractivity contribution in [2.24, 2.45) is 0 Å². The quantitative estimate of drug-likeness (QED) is 0.905. The predicted octanol–water partition coefficient (Wildman–Crippen LogP) is 3.69. The van der Waals surface area contributed by atoms with Crippen LogP contribution in [-0.4, -0.2) is 29.6 Å². The number of piperazine rings is 1. The van der Waals surface area contributed by atoms with E-state index in [9.17, 15) is 0 Å². The predicted molar refractivity (Wildman–Crippen MR) is 82.6 cm³/mol. The van der Waals surface area contributed by atoms with Gasteiger partial charge in [0.1, 0.15) is 0 Å². The van der Waals surface area contributed by atoms with Crippen molar-refractivity contribution in [1.29, 1.82) is 0 Å². The van der Waals surface area contributed by atoms with Gasteiger partial charge in [0.25, 0.3) is 0 Å². The first-order valence-electron chi connectivity index (χ1n) is 7.24. The van der Waals surface area contributed by atoms with Crippen LogP contribution in [0.5, 0.6) is 0 Å². The van der Waals surface area contributed by atoms with Crippen molar-refractivity contribution < 1.29 is 0 Å². The zero-order valence-corrected chi connectivity index (χ0v) is 13.0. The normalized spacial score (nSPS) is 23.5. The van der Waals surface area contributed by atoms with Gasteiger partial charge in [0.05, 0.1) is 0 Å². The highest BCUT2D eigenvalue weighted by Gasteiger charge is 2.31. The molecule has 1 atom stereocenters. The molecule has 106 valence electrons. The van der Waals surface area contributed by atoms with Crippen LogP contribution in [0.15, 0.2) is 24.3 Å². The van der Waals surface area contributed by atoms with E-state index in [-0.39, 0.29) is 5.54 Å². The van der Waals surface area contributed by atoms with Gasteiger partial charge in [-0.3, -0.25) is 4.90 Å². The lowest BCUT2D eigenvalue weighted by Gasteiger charge is -2.45. The minimum Gasteiger partial charge on any atom is -0.309 e. The fourth-order valence-corrected chi connectivity index (χ4v) is 3.06. The van der Waals surface area contributed by atoms with Crippen LogP contribution in [0.2, 0.25) is 5.02 Å². The summed E-state index contributed by atoms with van der Waals surface area (Å²) in [5.74, 6) is 0. The standard InChI is InChI=1S/C16H25ClN2/c1-4-7-14-10-18-16(2,3)12-19(14)11-13-8-5-6-9-15(13)17/h5-6,8-9,14,18H,4,7,10-12H2,1-3H3. The van der Waals surface area contributed by atoms with Crippen LogP contribution >= 0.6 is 11.6 Å². The highest BCUT2D eigenvalue weighted by molar-refractivity contribution is 6.31. The first-order chi connectivity index (χ1) is 9.02. The molecule has 1 fully saturated rings. The molecule has 3 heteroatoms. The highest BCUT2D eigenvalue weighted by Crippen LogP contribution is 2.23.